The number of hydrogen-bond donors (Lipinski definition) is 1. The fourth-order valence-corrected chi connectivity index (χ4v) is 2.18. The molecule has 0 aliphatic rings. The first kappa shape index (κ1) is 13.3. The normalized spacial score (nSPS) is 10.4. The third-order valence-corrected chi connectivity index (χ3v) is 3.88. The fraction of sp³-hybridized carbons (Fsp3) is 0.231. The van der Waals surface area contributed by atoms with Crippen molar-refractivity contribution in [1.82, 2.24) is 9.97 Å². The highest BCUT2D eigenvalue weighted by Crippen LogP contribution is 2.26. The van der Waals surface area contributed by atoms with Crippen molar-refractivity contribution in [1.29, 1.82) is 0 Å². The van der Waals surface area contributed by atoms with Crippen molar-refractivity contribution < 1.29 is 0 Å². The molecule has 2 rings (SSSR count). The Labute approximate surface area is 120 Å². The molecule has 5 heteroatoms. The number of rotatable bonds is 3. The molecule has 0 atom stereocenters. The van der Waals surface area contributed by atoms with Crippen LogP contribution < -0.4 is 5.32 Å². The van der Waals surface area contributed by atoms with Crippen molar-refractivity contribution in [2.45, 2.75) is 20.3 Å². The molecule has 0 fully saturated rings. The molecule has 18 heavy (non-hydrogen) atoms. The van der Waals surface area contributed by atoms with Crippen molar-refractivity contribution in [3.05, 3.63) is 45.3 Å². The summed E-state index contributed by atoms with van der Waals surface area (Å²) in [6.07, 6.45) is 2.26. The van der Waals surface area contributed by atoms with Gasteiger partial charge < -0.3 is 5.32 Å². The van der Waals surface area contributed by atoms with E-state index in [2.05, 4.69) is 37.3 Å². The van der Waals surface area contributed by atoms with E-state index in [-0.39, 0.29) is 0 Å². The van der Waals surface area contributed by atoms with Crippen LogP contribution in [0.3, 0.4) is 0 Å². The van der Waals surface area contributed by atoms with E-state index in [4.69, 9.17) is 11.6 Å². The second-order valence-corrected chi connectivity index (χ2v) is 5.15. The molecule has 94 valence electrons. The molecule has 0 saturated heterocycles. The average molecular weight is 327 g/mol. The van der Waals surface area contributed by atoms with E-state index >= 15 is 0 Å². The van der Waals surface area contributed by atoms with E-state index in [9.17, 15) is 0 Å². The van der Waals surface area contributed by atoms with Crippen LogP contribution in [0, 0.1) is 6.92 Å². The quantitative estimate of drug-likeness (QED) is 0.843. The van der Waals surface area contributed by atoms with Gasteiger partial charge in [-0.05, 0) is 37.1 Å². The zero-order valence-electron chi connectivity index (χ0n) is 10.2. The van der Waals surface area contributed by atoms with E-state index in [1.54, 1.807) is 0 Å². The summed E-state index contributed by atoms with van der Waals surface area (Å²) < 4.78 is 1.09. The molecular formula is C13H13BrClN3. The molecule has 0 unspecified atom stereocenters. The molecule has 0 saturated carbocycles. The van der Waals surface area contributed by atoms with Gasteiger partial charge in [0.15, 0.2) is 0 Å². The maximum atomic E-state index is 6.05. The van der Waals surface area contributed by atoms with Gasteiger partial charge in [-0.1, -0.05) is 34.5 Å². The maximum Gasteiger partial charge on any atom is 0.138 e. The van der Waals surface area contributed by atoms with Gasteiger partial charge in [0, 0.05) is 15.7 Å². The second-order valence-electron chi connectivity index (χ2n) is 3.93. The van der Waals surface area contributed by atoms with Crippen LogP contribution in [0.2, 0.25) is 5.15 Å². The van der Waals surface area contributed by atoms with Gasteiger partial charge in [0.2, 0.25) is 0 Å². The molecule has 2 aromatic rings. The van der Waals surface area contributed by atoms with Crippen molar-refractivity contribution in [2.75, 3.05) is 5.32 Å². The molecule has 1 aromatic carbocycles. The molecule has 1 N–H and O–H groups in total. The third kappa shape index (κ3) is 2.82. The van der Waals surface area contributed by atoms with Gasteiger partial charge in [0.25, 0.3) is 0 Å². The fourth-order valence-electron chi connectivity index (χ4n) is 1.67. The molecule has 0 spiro atoms. The summed E-state index contributed by atoms with van der Waals surface area (Å²) >= 11 is 9.53. The van der Waals surface area contributed by atoms with Crippen molar-refractivity contribution >= 4 is 39.0 Å². The second kappa shape index (κ2) is 5.67. The predicted octanol–water partition coefficient (Wildman–Crippen LogP) is 4.51. The molecule has 0 aliphatic carbocycles. The first-order valence-corrected chi connectivity index (χ1v) is 6.81. The van der Waals surface area contributed by atoms with Gasteiger partial charge in [-0.3, -0.25) is 0 Å². The number of halogens is 2. The van der Waals surface area contributed by atoms with E-state index in [0.717, 1.165) is 28.0 Å². The predicted molar refractivity (Wildman–Crippen MR) is 78.6 cm³/mol. The van der Waals surface area contributed by atoms with Crippen LogP contribution in [0.5, 0.6) is 0 Å². The van der Waals surface area contributed by atoms with Gasteiger partial charge in [-0.25, -0.2) is 9.97 Å². The van der Waals surface area contributed by atoms with Crippen LogP contribution in [0.1, 0.15) is 18.1 Å². The summed E-state index contributed by atoms with van der Waals surface area (Å²) in [7, 11) is 0. The molecule has 1 heterocycles. The zero-order valence-corrected chi connectivity index (χ0v) is 12.5. The lowest BCUT2D eigenvalue weighted by Crippen LogP contribution is -2.00. The number of benzene rings is 1. The summed E-state index contributed by atoms with van der Waals surface area (Å²) in [6, 6.07) is 6.05. The SMILES string of the molecule is CCc1c(Cl)ncnc1Nc1ccc(Br)c(C)c1. The Morgan fingerprint density at radius 2 is 2.11 bits per heavy atom. The van der Waals surface area contributed by atoms with Gasteiger partial charge in [-0.2, -0.15) is 0 Å². The number of aromatic nitrogens is 2. The third-order valence-electron chi connectivity index (χ3n) is 2.67. The molecule has 0 aliphatic heterocycles. The number of anilines is 2. The molecule has 0 bridgehead atoms. The summed E-state index contributed by atoms with van der Waals surface area (Å²) in [4.78, 5) is 8.23. The van der Waals surface area contributed by atoms with E-state index in [1.165, 1.54) is 11.9 Å². The highest BCUT2D eigenvalue weighted by Gasteiger charge is 2.08. The Kier molecular flexibility index (Phi) is 4.19. The Morgan fingerprint density at radius 1 is 1.33 bits per heavy atom. The first-order chi connectivity index (χ1) is 8.61. The number of hydrogen-bond acceptors (Lipinski definition) is 3. The van der Waals surface area contributed by atoms with Crippen LogP contribution in [0.4, 0.5) is 11.5 Å². The minimum Gasteiger partial charge on any atom is -0.340 e. The molecule has 1 aromatic heterocycles. The van der Waals surface area contributed by atoms with Gasteiger partial charge in [-0.15, -0.1) is 0 Å². The monoisotopic (exact) mass is 325 g/mol. The Bertz CT molecular complexity index is 572. The number of nitrogens with zero attached hydrogens (tertiary/aromatic N) is 2. The van der Waals surface area contributed by atoms with Gasteiger partial charge >= 0.3 is 0 Å². The lowest BCUT2D eigenvalue weighted by molar-refractivity contribution is 1.05. The molecule has 3 nitrogen and oxygen atoms in total. The van der Waals surface area contributed by atoms with E-state index in [1.807, 2.05) is 26.0 Å². The first-order valence-electron chi connectivity index (χ1n) is 5.64. The highest BCUT2D eigenvalue weighted by molar-refractivity contribution is 9.10. The minimum atomic E-state index is 0.504. The minimum absolute atomic E-state index is 0.504. The standard InChI is InChI=1S/C13H13BrClN3/c1-3-10-12(15)16-7-17-13(10)18-9-4-5-11(14)8(2)6-9/h4-7H,3H2,1-2H3,(H,16,17,18). The van der Waals surface area contributed by atoms with Gasteiger partial charge in [0.05, 0.1) is 0 Å². The van der Waals surface area contributed by atoms with Crippen molar-refractivity contribution in [3.63, 3.8) is 0 Å². The maximum absolute atomic E-state index is 6.05. The van der Waals surface area contributed by atoms with Crippen molar-refractivity contribution in [2.24, 2.45) is 0 Å². The van der Waals surface area contributed by atoms with Crippen LogP contribution in [0.25, 0.3) is 0 Å². The van der Waals surface area contributed by atoms with E-state index in [0.29, 0.717) is 5.15 Å². The molecular weight excluding hydrogens is 314 g/mol. The van der Waals surface area contributed by atoms with Crippen LogP contribution >= 0.6 is 27.5 Å². The smallest absolute Gasteiger partial charge is 0.138 e. The highest BCUT2D eigenvalue weighted by atomic mass is 79.9. The van der Waals surface area contributed by atoms with Crippen LogP contribution in [-0.4, -0.2) is 9.97 Å². The Hall–Kier alpha value is -1.13. The lowest BCUT2D eigenvalue weighted by Gasteiger charge is -2.11. The van der Waals surface area contributed by atoms with Crippen LogP contribution in [-0.2, 0) is 6.42 Å². The zero-order chi connectivity index (χ0) is 13.1. The Balaban J connectivity index is 2.34. The topological polar surface area (TPSA) is 37.8 Å². The van der Waals surface area contributed by atoms with Crippen LogP contribution in [0.15, 0.2) is 29.0 Å². The molecule has 0 amide bonds. The van der Waals surface area contributed by atoms with Gasteiger partial charge in [0.1, 0.15) is 17.3 Å². The summed E-state index contributed by atoms with van der Waals surface area (Å²) in [5.74, 6) is 0.763. The largest absolute Gasteiger partial charge is 0.340 e. The number of nitrogens with one attached hydrogen (secondary N) is 1. The molecule has 0 radical (unpaired) electrons. The summed E-state index contributed by atoms with van der Waals surface area (Å²) in [5.41, 5.74) is 3.08. The summed E-state index contributed by atoms with van der Waals surface area (Å²) in [5, 5.41) is 3.78. The lowest BCUT2D eigenvalue weighted by atomic mass is 10.2. The summed E-state index contributed by atoms with van der Waals surface area (Å²) in [6.45, 7) is 4.07. The number of aryl methyl sites for hydroxylation is 1. The Morgan fingerprint density at radius 3 is 2.78 bits per heavy atom. The average Bonchev–Trinajstić information content (AvgIpc) is 2.34. The van der Waals surface area contributed by atoms with E-state index < -0.39 is 0 Å². The van der Waals surface area contributed by atoms with Crippen molar-refractivity contribution in [3.8, 4) is 0 Å².